The van der Waals surface area contributed by atoms with Crippen LogP contribution in [0.1, 0.15) is 37.8 Å². The van der Waals surface area contributed by atoms with Crippen LogP contribution in [0, 0.1) is 0 Å². The SMILES string of the molecule is CC(C)(C)c1ccc(-c2nnc(/C=C/c3cccc(Cl)c3)o2)cc1. The van der Waals surface area contributed by atoms with Crippen molar-refractivity contribution in [3.05, 3.63) is 70.6 Å². The van der Waals surface area contributed by atoms with E-state index in [0.717, 1.165) is 11.1 Å². The molecule has 0 aliphatic heterocycles. The normalized spacial score (nSPS) is 12.0. The molecule has 0 aliphatic carbocycles. The van der Waals surface area contributed by atoms with Crippen molar-refractivity contribution in [3.8, 4) is 11.5 Å². The summed E-state index contributed by atoms with van der Waals surface area (Å²) in [6.07, 6.45) is 3.68. The standard InChI is InChI=1S/C20H19ClN2O/c1-20(2,3)16-10-8-15(9-11-16)19-23-22-18(24-19)12-7-14-5-4-6-17(21)13-14/h4-13H,1-3H3/b12-7+. The van der Waals surface area contributed by atoms with Gasteiger partial charge in [-0.15, -0.1) is 10.2 Å². The Balaban J connectivity index is 1.78. The van der Waals surface area contributed by atoms with Crippen LogP contribution in [0.3, 0.4) is 0 Å². The summed E-state index contributed by atoms with van der Waals surface area (Å²) in [6.45, 7) is 6.56. The number of nitrogens with zero attached hydrogens (tertiary/aromatic N) is 2. The Hall–Kier alpha value is -2.39. The van der Waals surface area contributed by atoms with Crippen LogP contribution in [-0.4, -0.2) is 10.2 Å². The molecule has 3 aromatic rings. The van der Waals surface area contributed by atoms with Gasteiger partial charge in [-0.25, -0.2) is 0 Å². The molecule has 0 amide bonds. The Morgan fingerprint density at radius 1 is 0.958 bits per heavy atom. The van der Waals surface area contributed by atoms with Gasteiger partial charge in [0.25, 0.3) is 0 Å². The quantitative estimate of drug-likeness (QED) is 0.600. The van der Waals surface area contributed by atoms with Crippen molar-refractivity contribution in [3.63, 3.8) is 0 Å². The average molecular weight is 339 g/mol. The van der Waals surface area contributed by atoms with Gasteiger partial charge in [-0.2, -0.15) is 0 Å². The van der Waals surface area contributed by atoms with Gasteiger partial charge in [-0.1, -0.05) is 56.6 Å². The molecule has 24 heavy (non-hydrogen) atoms. The largest absolute Gasteiger partial charge is 0.417 e. The van der Waals surface area contributed by atoms with Crippen molar-refractivity contribution in [2.24, 2.45) is 0 Å². The second kappa shape index (κ2) is 6.62. The summed E-state index contributed by atoms with van der Waals surface area (Å²) in [5, 5.41) is 8.88. The van der Waals surface area contributed by atoms with E-state index >= 15 is 0 Å². The second-order valence-corrected chi connectivity index (χ2v) is 7.10. The van der Waals surface area contributed by atoms with Crippen molar-refractivity contribution >= 4 is 23.8 Å². The average Bonchev–Trinajstić information content (AvgIpc) is 3.01. The number of halogens is 1. The van der Waals surface area contributed by atoms with Crippen LogP contribution in [0.15, 0.2) is 52.9 Å². The molecule has 0 aliphatic rings. The zero-order valence-corrected chi connectivity index (χ0v) is 14.7. The molecule has 0 radical (unpaired) electrons. The van der Waals surface area contributed by atoms with E-state index in [1.165, 1.54) is 5.56 Å². The third-order valence-electron chi connectivity index (χ3n) is 3.71. The minimum Gasteiger partial charge on any atom is -0.417 e. The molecule has 4 heteroatoms. The van der Waals surface area contributed by atoms with E-state index in [0.29, 0.717) is 16.8 Å². The minimum absolute atomic E-state index is 0.123. The van der Waals surface area contributed by atoms with Gasteiger partial charge >= 0.3 is 0 Å². The van der Waals surface area contributed by atoms with Crippen LogP contribution in [0.25, 0.3) is 23.6 Å². The lowest BCUT2D eigenvalue weighted by Gasteiger charge is -2.18. The van der Waals surface area contributed by atoms with Gasteiger partial charge in [0.1, 0.15) is 0 Å². The van der Waals surface area contributed by atoms with Crippen LogP contribution in [0.5, 0.6) is 0 Å². The summed E-state index contributed by atoms with van der Waals surface area (Å²) in [5.41, 5.74) is 3.29. The van der Waals surface area contributed by atoms with Gasteiger partial charge in [-0.05, 0) is 46.9 Å². The molecule has 0 bridgehead atoms. The van der Waals surface area contributed by atoms with Gasteiger partial charge < -0.3 is 4.42 Å². The molecule has 2 aromatic carbocycles. The zero-order valence-electron chi connectivity index (χ0n) is 14.0. The first-order valence-corrected chi connectivity index (χ1v) is 8.18. The topological polar surface area (TPSA) is 38.9 Å². The molecule has 0 fully saturated rings. The summed E-state index contributed by atoms with van der Waals surface area (Å²) >= 11 is 5.97. The highest BCUT2D eigenvalue weighted by molar-refractivity contribution is 6.30. The summed E-state index contributed by atoms with van der Waals surface area (Å²) in [6, 6.07) is 15.8. The lowest BCUT2D eigenvalue weighted by molar-refractivity contribution is 0.557. The van der Waals surface area contributed by atoms with Crippen molar-refractivity contribution < 1.29 is 4.42 Å². The van der Waals surface area contributed by atoms with E-state index in [9.17, 15) is 0 Å². The fourth-order valence-corrected chi connectivity index (χ4v) is 2.51. The first-order valence-electron chi connectivity index (χ1n) is 7.80. The molecule has 0 N–H and O–H groups in total. The fraction of sp³-hybridized carbons (Fsp3) is 0.200. The highest BCUT2D eigenvalue weighted by Gasteiger charge is 2.14. The third-order valence-corrected chi connectivity index (χ3v) is 3.94. The van der Waals surface area contributed by atoms with Gasteiger partial charge in [0.05, 0.1) is 0 Å². The first kappa shape index (κ1) is 16.5. The molecule has 3 rings (SSSR count). The van der Waals surface area contributed by atoms with E-state index in [-0.39, 0.29) is 5.41 Å². The van der Waals surface area contributed by atoms with Crippen LogP contribution >= 0.6 is 11.6 Å². The molecular weight excluding hydrogens is 320 g/mol. The second-order valence-electron chi connectivity index (χ2n) is 6.66. The number of rotatable bonds is 3. The van der Waals surface area contributed by atoms with Crippen LogP contribution in [0.2, 0.25) is 5.02 Å². The lowest BCUT2D eigenvalue weighted by Crippen LogP contribution is -2.10. The summed E-state index contributed by atoms with van der Waals surface area (Å²) in [4.78, 5) is 0. The van der Waals surface area contributed by atoms with E-state index in [2.05, 4.69) is 43.1 Å². The first-order chi connectivity index (χ1) is 11.4. The molecule has 0 saturated heterocycles. The van der Waals surface area contributed by atoms with Gasteiger partial charge in [0.2, 0.25) is 11.8 Å². The van der Waals surface area contributed by atoms with Crippen LogP contribution < -0.4 is 0 Å². The number of hydrogen-bond acceptors (Lipinski definition) is 3. The maximum absolute atomic E-state index is 5.97. The maximum atomic E-state index is 5.97. The number of aromatic nitrogens is 2. The molecule has 122 valence electrons. The molecule has 0 atom stereocenters. The van der Waals surface area contributed by atoms with E-state index in [4.69, 9.17) is 16.0 Å². The smallest absolute Gasteiger partial charge is 0.248 e. The highest BCUT2D eigenvalue weighted by atomic mass is 35.5. The van der Waals surface area contributed by atoms with Crippen LogP contribution in [-0.2, 0) is 5.41 Å². The van der Waals surface area contributed by atoms with E-state index < -0.39 is 0 Å². The number of hydrogen-bond donors (Lipinski definition) is 0. The zero-order chi connectivity index (χ0) is 17.2. The summed E-state index contributed by atoms with van der Waals surface area (Å²) in [5.74, 6) is 0.978. The fourth-order valence-electron chi connectivity index (χ4n) is 2.31. The maximum Gasteiger partial charge on any atom is 0.248 e. The number of benzene rings is 2. The molecule has 1 heterocycles. The Morgan fingerprint density at radius 2 is 1.71 bits per heavy atom. The van der Waals surface area contributed by atoms with Crippen molar-refractivity contribution in [2.45, 2.75) is 26.2 Å². The monoisotopic (exact) mass is 338 g/mol. The molecule has 0 unspecified atom stereocenters. The van der Waals surface area contributed by atoms with Crippen molar-refractivity contribution in [1.82, 2.24) is 10.2 Å². The van der Waals surface area contributed by atoms with Crippen molar-refractivity contribution in [1.29, 1.82) is 0 Å². The Morgan fingerprint density at radius 3 is 2.38 bits per heavy atom. The predicted octanol–water partition coefficient (Wildman–Crippen LogP) is 5.86. The van der Waals surface area contributed by atoms with Gasteiger partial charge in [0.15, 0.2) is 0 Å². The summed E-state index contributed by atoms with van der Waals surface area (Å²) < 4.78 is 5.71. The van der Waals surface area contributed by atoms with Gasteiger partial charge in [-0.3, -0.25) is 0 Å². The lowest BCUT2D eigenvalue weighted by atomic mass is 9.87. The Bertz CT molecular complexity index is 858. The molecule has 3 nitrogen and oxygen atoms in total. The molecule has 0 saturated carbocycles. The molecular formula is C20H19ClN2O. The predicted molar refractivity (Wildman–Crippen MR) is 98.8 cm³/mol. The molecule has 1 aromatic heterocycles. The molecule has 0 spiro atoms. The summed E-state index contributed by atoms with van der Waals surface area (Å²) in [7, 11) is 0. The minimum atomic E-state index is 0.123. The highest BCUT2D eigenvalue weighted by Crippen LogP contribution is 2.25. The Labute approximate surface area is 147 Å². The van der Waals surface area contributed by atoms with E-state index in [1.807, 2.05) is 42.5 Å². The Kier molecular flexibility index (Phi) is 4.54. The van der Waals surface area contributed by atoms with Crippen LogP contribution in [0.4, 0.5) is 0 Å². The van der Waals surface area contributed by atoms with Crippen molar-refractivity contribution in [2.75, 3.05) is 0 Å². The third kappa shape index (κ3) is 3.92. The van der Waals surface area contributed by atoms with Gasteiger partial charge in [0, 0.05) is 16.7 Å². The van der Waals surface area contributed by atoms with E-state index in [1.54, 1.807) is 6.08 Å².